The van der Waals surface area contributed by atoms with E-state index < -0.39 is 15.9 Å². The van der Waals surface area contributed by atoms with Crippen molar-refractivity contribution in [1.29, 1.82) is 0 Å². The van der Waals surface area contributed by atoms with Crippen LogP contribution < -0.4 is 0 Å². The number of imide groups is 1. The van der Waals surface area contributed by atoms with Crippen molar-refractivity contribution in [3.63, 3.8) is 0 Å². The number of carbonyl (C=O) groups is 3. The highest BCUT2D eigenvalue weighted by Gasteiger charge is 2.48. The zero-order valence-corrected chi connectivity index (χ0v) is 16.9. The highest BCUT2D eigenvalue weighted by atomic mass is 32.2. The van der Waals surface area contributed by atoms with E-state index in [0.29, 0.717) is 19.3 Å². The predicted octanol–water partition coefficient (Wildman–Crippen LogP) is 1.15. The first kappa shape index (κ1) is 19.8. The first-order valence-electron chi connectivity index (χ1n) is 9.90. The number of fused-ring (bicyclic) bond motifs is 1. The largest absolute Gasteiger partial charge is 0.333 e. The monoisotopic (exact) mass is 416 g/mol. The van der Waals surface area contributed by atoms with E-state index in [0.717, 1.165) is 10.5 Å². The molecule has 0 aromatic heterocycles. The Balaban J connectivity index is 1.53. The van der Waals surface area contributed by atoms with E-state index in [2.05, 4.69) is 0 Å². The number of nitrogens with zero attached hydrogens (tertiary/aromatic N) is 2. The lowest BCUT2D eigenvalue weighted by atomic mass is 9.85. The van der Waals surface area contributed by atoms with Crippen LogP contribution in [-0.2, 0) is 30.8 Å². The minimum atomic E-state index is -3.18. The van der Waals surface area contributed by atoms with Crippen molar-refractivity contribution in [1.82, 2.24) is 9.80 Å². The van der Waals surface area contributed by atoms with Gasteiger partial charge in [-0.05, 0) is 24.8 Å². The third kappa shape index (κ3) is 3.99. The summed E-state index contributed by atoms with van der Waals surface area (Å²) in [6, 6.07) is 8.88. The molecule has 1 aliphatic carbocycles. The molecule has 8 heteroatoms. The van der Waals surface area contributed by atoms with Crippen LogP contribution in [0.3, 0.4) is 0 Å². The molecule has 7 nitrogen and oxygen atoms in total. The summed E-state index contributed by atoms with van der Waals surface area (Å²) in [4.78, 5) is 41.2. The zero-order chi connectivity index (χ0) is 20.6. The summed E-state index contributed by atoms with van der Waals surface area (Å²) in [7, 11) is -3.18. The summed E-state index contributed by atoms with van der Waals surface area (Å²) in [6.45, 7) is -0.0709. The minimum Gasteiger partial charge on any atom is -0.333 e. The van der Waals surface area contributed by atoms with Gasteiger partial charge in [-0.25, -0.2) is 8.42 Å². The Labute approximate surface area is 170 Å². The Hall–Kier alpha value is -2.48. The molecule has 0 N–H and O–H groups in total. The molecule has 2 aliphatic heterocycles. The van der Waals surface area contributed by atoms with Gasteiger partial charge in [0.25, 0.3) is 0 Å². The van der Waals surface area contributed by atoms with Crippen LogP contribution in [0.4, 0.5) is 0 Å². The number of rotatable bonds is 5. The van der Waals surface area contributed by atoms with Crippen LogP contribution in [0.2, 0.25) is 0 Å². The standard InChI is InChI=1S/C21H24N2O5S/c24-19(13-23-20(25)17-8-4-5-9-18(17)21(23)26)22(12-15-6-2-1-3-7-15)16-10-11-29(27,28)14-16/h1-7,16-18H,8-14H2/t16-,17+,18+/m0/s1. The number of hydrogen-bond donors (Lipinski definition) is 0. The van der Waals surface area contributed by atoms with Crippen molar-refractivity contribution in [2.75, 3.05) is 18.1 Å². The van der Waals surface area contributed by atoms with E-state index in [-0.39, 0.29) is 54.2 Å². The summed E-state index contributed by atoms with van der Waals surface area (Å²) in [5, 5.41) is 0. The molecule has 3 aliphatic rings. The predicted molar refractivity (Wildman–Crippen MR) is 106 cm³/mol. The number of benzene rings is 1. The van der Waals surface area contributed by atoms with Crippen molar-refractivity contribution >= 4 is 27.6 Å². The molecule has 0 spiro atoms. The van der Waals surface area contributed by atoms with Gasteiger partial charge >= 0.3 is 0 Å². The van der Waals surface area contributed by atoms with Gasteiger partial charge in [0.15, 0.2) is 9.84 Å². The van der Waals surface area contributed by atoms with Crippen molar-refractivity contribution in [3.05, 3.63) is 48.0 Å². The lowest BCUT2D eigenvalue weighted by molar-refractivity contribution is -0.147. The highest BCUT2D eigenvalue weighted by Crippen LogP contribution is 2.35. The molecule has 0 bridgehead atoms. The SMILES string of the molecule is O=C1[C@@H]2CC=CC[C@H]2C(=O)N1CC(=O)N(Cc1ccccc1)[C@H]1CCS(=O)(=O)C1. The molecule has 0 radical (unpaired) electrons. The van der Waals surface area contributed by atoms with Crippen molar-refractivity contribution < 1.29 is 22.8 Å². The summed E-state index contributed by atoms with van der Waals surface area (Å²) < 4.78 is 24.0. The Bertz CT molecular complexity index is 931. The lowest BCUT2D eigenvalue weighted by Crippen LogP contribution is -2.47. The molecule has 0 unspecified atom stereocenters. The van der Waals surface area contributed by atoms with Crippen LogP contribution in [0.5, 0.6) is 0 Å². The second kappa shape index (κ2) is 7.74. The first-order valence-corrected chi connectivity index (χ1v) is 11.7. The third-order valence-corrected chi connectivity index (χ3v) is 7.81. The molecule has 3 atom stereocenters. The normalized spacial score (nSPS) is 27.9. The van der Waals surface area contributed by atoms with Gasteiger partial charge in [-0.3, -0.25) is 19.3 Å². The third-order valence-electron chi connectivity index (χ3n) is 6.06. The molecule has 2 saturated heterocycles. The average molecular weight is 416 g/mol. The van der Waals surface area contributed by atoms with Gasteiger partial charge in [-0.1, -0.05) is 42.5 Å². The molecule has 2 fully saturated rings. The number of hydrogen-bond acceptors (Lipinski definition) is 5. The lowest BCUT2D eigenvalue weighted by Gasteiger charge is -2.30. The van der Waals surface area contributed by atoms with E-state index in [9.17, 15) is 22.8 Å². The van der Waals surface area contributed by atoms with E-state index in [4.69, 9.17) is 0 Å². The van der Waals surface area contributed by atoms with Crippen LogP contribution in [-0.4, -0.2) is 60.0 Å². The topological polar surface area (TPSA) is 91.8 Å². The molecule has 0 saturated carbocycles. The summed E-state index contributed by atoms with van der Waals surface area (Å²) >= 11 is 0. The van der Waals surface area contributed by atoms with Gasteiger partial charge in [-0.2, -0.15) is 0 Å². The second-order valence-corrected chi connectivity index (χ2v) is 10.2. The second-order valence-electron chi connectivity index (χ2n) is 7.98. The van der Waals surface area contributed by atoms with Crippen molar-refractivity contribution in [2.45, 2.75) is 31.8 Å². The summed E-state index contributed by atoms with van der Waals surface area (Å²) in [5.41, 5.74) is 0.877. The van der Waals surface area contributed by atoms with Gasteiger partial charge < -0.3 is 4.90 Å². The van der Waals surface area contributed by atoms with Gasteiger partial charge in [-0.15, -0.1) is 0 Å². The van der Waals surface area contributed by atoms with Gasteiger partial charge in [0.1, 0.15) is 6.54 Å². The van der Waals surface area contributed by atoms with Gasteiger partial charge in [0.2, 0.25) is 17.7 Å². The Morgan fingerprint density at radius 3 is 2.21 bits per heavy atom. The van der Waals surface area contributed by atoms with Crippen LogP contribution in [0.1, 0.15) is 24.8 Å². The fraction of sp³-hybridized carbons (Fsp3) is 0.476. The molecule has 2 heterocycles. The van der Waals surface area contributed by atoms with Gasteiger partial charge in [0.05, 0.1) is 23.3 Å². The number of carbonyl (C=O) groups excluding carboxylic acids is 3. The van der Waals surface area contributed by atoms with Crippen LogP contribution in [0.25, 0.3) is 0 Å². The van der Waals surface area contributed by atoms with Crippen LogP contribution in [0.15, 0.2) is 42.5 Å². The van der Waals surface area contributed by atoms with Crippen LogP contribution >= 0.6 is 0 Å². The molecule has 3 amide bonds. The van der Waals surface area contributed by atoms with Crippen LogP contribution in [0, 0.1) is 11.8 Å². The summed E-state index contributed by atoms with van der Waals surface area (Å²) in [6.07, 6.45) is 5.23. The Morgan fingerprint density at radius 1 is 1.03 bits per heavy atom. The average Bonchev–Trinajstić information content (AvgIpc) is 3.19. The number of allylic oxidation sites excluding steroid dienone is 2. The quantitative estimate of drug-likeness (QED) is 0.530. The number of sulfone groups is 1. The maximum absolute atomic E-state index is 13.2. The molecular formula is C21H24N2O5S. The Morgan fingerprint density at radius 2 is 1.66 bits per heavy atom. The summed E-state index contributed by atoms with van der Waals surface area (Å²) in [5.74, 6) is -1.77. The molecule has 1 aromatic rings. The van der Waals surface area contributed by atoms with E-state index in [1.54, 1.807) is 0 Å². The molecule has 1 aromatic carbocycles. The Kier molecular flexibility index (Phi) is 5.29. The number of likely N-dealkylation sites (tertiary alicyclic amines) is 1. The maximum Gasteiger partial charge on any atom is 0.243 e. The first-order chi connectivity index (χ1) is 13.9. The molecule has 154 valence electrons. The zero-order valence-electron chi connectivity index (χ0n) is 16.1. The van der Waals surface area contributed by atoms with E-state index >= 15 is 0 Å². The molecule has 4 rings (SSSR count). The fourth-order valence-electron chi connectivity index (χ4n) is 4.47. The minimum absolute atomic E-state index is 0.0492. The fourth-order valence-corrected chi connectivity index (χ4v) is 6.20. The van der Waals surface area contributed by atoms with E-state index in [1.165, 1.54) is 4.90 Å². The van der Waals surface area contributed by atoms with Crippen molar-refractivity contribution in [3.8, 4) is 0 Å². The maximum atomic E-state index is 13.2. The van der Waals surface area contributed by atoms with Crippen molar-refractivity contribution in [2.24, 2.45) is 11.8 Å². The highest BCUT2D eigenvalue weighted by molar-refractivity contribution is 7.91. The number of amides is 3. The molecule has 29 heavy (non-hydrogen) atoms. The molecular weight excluding hydrogens is 392 g/mol. The van der Waals surface area contributed by atoms with Gasteiger partial charge in [0, 0.05) is 12.6 Å². The smallest absolute Gasteiger partial charge is 0.243 e. The van der Waals surface area contributed by atoms with E-state index in [1.807, 2.05) is 42.5 Å².